The highest BCUT2D eigenvalue weighted by molar-refractivity contribution is 6.09. The molecular weight excluding hydrogens is 460 g/mol. The average Bonchev–Trinajstić information content (AvgIpc) is 3.43. The van der Waals surface area contributed by atoms with Crippen LogP contribution in [0.1, 0.15) is 50.5 Å². The molecule has 192 valence electrons. The second-order valence-electron chi connectivity index (χ2n) is 10.2. The number of piperazine rings is 1. The Labute approximate surface area is 211 Å². The van der Waals surface area contributed by atoms with Crippen LogP contribution < -0.4 is 5.32 Å². The molecule has 2 aromatic rings. The molecule has 0 unspecified atom stereocenters. The molecule has 2 aliphatic heterocycles. The van der Waals surface area contributed by atoms with Crippen molar-refractivity contribution in [3.05, 3.63) is 35.7 Å². The van der Waals surface area contributed by atoms with Crippen molar-refractivity contribution in [3.8, 4) is 11.4 Å². The van der Waals surface area contributed by atoms with Crippen molar-refractivity contribution in [1.29, 1.82) is 0 Å². The molecule has 1 spiro atoms. The van der Waals surface area contributed by atoms with Crippen LogP contribution >= 0.6 is 0 Å². The normalized spacial score (nSPS) is 25.0. The van der Waals surface area contributed by atoms with E-state index in [9.17, 15) is 14.4 Å². The van der Waals surface area contributed by atoms with E-state index in [1.165, 1.54) is 0 Å². The van der Waals surface area contributed by atoms with E-state index in [0.717, 1.165) is 35.3 Å². The molecule has 2 saturated heterocycles. The number of aryl methyl sites for hydroxylation is 1. The largest absolute Gasteiger partial charge is 0.339 e. The Morgan fingerprint density at radius 3 is 2.56 bits per heavy atom. The highest BCUT2D eigenvalue weighted by atomic mass is 16.5. The van der Waals surface area contributed by atoms with Crippen LogP contribution in [0.4, 0.5) is 4.79 Å². The van der Waals surface area contributed by atoms with E-state index in [4.69, 9.17) is 4.52 Å². The van der Waals surface area contributed by atoms with Crippen LogP contribution in [-0.4, -0.2) is 80.9 Å². The number of hydrogen-bond donors (Lipinski definition) is 1. The maximum absolute atomic E-state index is 13.1. The zero-order valence-corrected chi connectivity index (χ0v) is 21.0. The number of rotatable bonds is 6. The van der Waals surface area contributed by atoms with Crippen molar-refractivity contribution in [2.45, 2.75) is 58.0 Å². The summed E-state index contributed by atoms with van der Waals surface area (Å²) in [4.78, 5) is 48.2. The van der Waals surface area contributed by atoms with Gasteiger partial charge in [-0.2, -0.15) is 4.98 Å². The number of imide groups is 1. The van der Waals surface area contributed by atoms with E-state index in [1.54, 1.807) is 4.90 Å². The van der Waals surface area contributed by atoms with Crippen molar-refractivity contribution in [3.63, 3.8) is 0 Å². The van der Waals surface area contributed by atoms with Crippen molar-refractivity contribution >= 4 is 17.8 Å². The number of nitrogens with zero attached hydrogens (tertiary/aromatic N) is 5. The third kappa shape index (κ3) is 4.74. The molecule has 0 radical (unpaired) electrons. The van der Waals surface area contributed by atoms with Crippen LogP contribution in [0.25, 0.3) is 11.4 Å². The van der Waals surface area contributed by atoms with Crippen LogP contribution in [0.3, 0.4) is 0 Å². The minimum Gasteiger partial charge on any atom is -0.339 e. The maximum atomic E-state index is 13.1. The number of carbonyl (C=O) groups excluding carboxylic acids is 3. The number of hydrogen-bond acceptors (Lipinski definition) is 7. The summed E-state index contributed by atoms with van der Waals surface area (Å²) in [5.74, 6) is 1.28. The van der Waals surface area contributed by atoms with Crippen LogP contribution in [-0.2, 0) is 16.1 Å². The van der Waals surface area contributed by atoms with Gasteiger partial charge < -0.3 is 14.7 Å². The monoisotopic (exact) mass is 494 g/mol. The van der Waals surface area contributed by atoms with Gasteiger partial charge in [0, 0.05) is 31.7 Å². The Kier molecular flexibility index (Phi) is 6.79. The fourth-order valence-corrected chi connectivity index (χ4v) is 5.57. The van der Waals surface area contributed by atoms with E-state index in [-0.39, 0.29) is 18.4 Å². The van der Waals surface area contributed by atoms with Crippen molar-refractivity contribution in [1.82, 2.24) is 30.2 Å². The summed E-state index contributed by atoms with van der Waals surface area (Å²) in [6.45, 7) is 6.81. The molecule has 1 aromatic carbocycles. The standard InChI is InChI=1S/C26H34N6O4/c1-3-19-8-10-26(11-9-19)24(34)32(25(35)28-26)17-22(33)31-14-12-30(13-15-31)16-21-27-23(29-36-21)20-7-5-4-6-18(20)2/h4-7,19H,3,8-17H2,1-2H3,(H,28,35). The van der Waals surface area contributed by atoms with E-state index < -0.39 is 11.6 Å². The van der Waals surface area contributed by atoms with Gasteiger partial charge in [-0.3, -0.25) is 19.4 Å². The summed E-state index contributed by atoms with van der Waals surface area (Å²) in [7, 11) is 0. The van der Waals surface area contributed by atoms with Crippen LogP contribution in [0, 0.1) is 12.8 Å². The molecule has 5 rings (SSSR count). The molecule has 0 bridgehead atoms. The third-order valence-electron chi connectivity index (χ3n) is 8.01. The second-order valence-corrected chi connectivity index (χ2v) is 10.2. The molecule has 3 heterocycles. The Bertz CT molecular complexity index is 1130. The summed E-state index contributed by atoms with van der Waals surface area (Å²) >= 11 is 0. The summed E-state index contributed by atoms with van der Waals surface area (Å²) in [5, 5.41) is 7.03. The van der Waals surface area contributed by atoms with Gasteiger partial charge >= 0.3 is 6.03 Å². The number of amides is 4. The summed E-state index contributed by atoms with van der Waals surface area (Å²) in [6.07, 6.45) is 4.26. The van der Waals surface area contributed by atoms with Gasteiger partial charge in [0.1, 0.15) is 12.1 Å². The molecule has 1 N–H and O–H groups in total. The highest BCUT2D eigenvalue weighted by Gasteiger charge is 2.52. The van der Waals surface area contributed by atoms with E-state index in [1.807, 2.05) is 31.2 Å². The first-order valence-corrected chi connectivity index (χ1v) is 12.9. The van der Waals surface area contributed by atoms with Crippen molar-refractivity contribution in [2.75, 3.05) is 32.7 Å². The van der Waals surface area contributed by atoms with Gasteiger partial charge in [-0.1, -0.05) is 42.8 Å². The van der Waals surface area contributed by atoms with Crippen molar-refractivity contribution < 1.29 is 18.9 Å². The molecule has 4 amide bonds. The molecule has 10 heteroatoms. The van der Waals surface area contributed by atoms with Gasteiger partial charge in [0.25, 0.3) is 5.91 Å². The van der Waals surface area contributed by atoms with Gasteiger partial charge in [-0.15, -0.1) is 0 Å². The molecule has 1 aromatic heterocycles. The van der Waals surface area contributed by atoms with Crippen LogP contribution in [0.2, 0.25) is 0 Å². The highest BCUT2D eigenvalue weighted by Crippen LogP contribution is 2.37. The number of urea groups is 1. The quantitative estimate of drug-likeness (QED) is 0.614. The van der Waals surface area contributed by atoms with Crippen molar-refractivity contribution in [2.24, 2.45) is 5.92 Å². The molecule has 36 heavy (non-hydrogen) atoms. The number of nitrogens with one attached hydrogen (secondary N) is 1. The number of aromatic nitrogens is 2. The van der Waals surface area contributed by atoms with Gasteiger partial charge in [-0.05, 0) is 44.1 Å². The molecule has 1 aliphatic carbocycles. The van der Waals surface area contributed by atoms with Gasteiger partial charge in [0.2, 0.25) is 17.6 Å². The van der Waals surface area contributed by atoms with Gasteiger partial charge in [-0.25, -0.2) is 4.79 Å². The summed E-state index contributed by atoms with van der Waals surface area (Å²) in [5.41, 5.74) is 1.22. The first-order valence-electron chi connectivity index (χ1n) is 12.9. The predicted octanol–water partition coefficient (Wildman–Crippen LogP) is 2.58. The molecule has 3 aliphatic rings. The minimum atomic E-state index is -0.817. The summed E-state index contributed by atoms with van der Waals surface area (Å²) < 4.78 is 5.46. The SMILES string of the molecule is CCC1CCC2(CC1)NC(=O)N(CC(=O)N1CCN(Cc3nc(-c4ccccc4C)no3)CC1)C2=O. The lowest BCUT2D eigenvalue weighted by atomic mass is 9.75. The smallest absolute Gasteiger partial charge is 0.325 e. The van der Waals surface area contributed by atoms with Crippen LogP contribution in [0.5, 0.6) is 0 Å². The molecule has 1 saturated carbocycles. The zero-order valence-electron chi connectivity index (χ0n) is 21.0. The van der Waals surface area contributed by atoms with Gasteiger partial charge in [0.15, 0.2) is 0 Å². The van der Waals surface area contributed by atoms with Crippen LogP contribution in [0.15, 0.2) is 28.8 Å². The van der Waals surface area contributed by atoms with Gasteiger partial charge in [0.05, 0.1) is 6.54 Å². The lowest BCUT2D eigenvalue weighted by molar-refractivity contribution is -0.140. The Hall–Kier alpha value is -3.27. The lowest BCUT2D eigenvalue weighted by Gasteiger charge is -2.35. The fourth-order valence-electron chi connectivity index (χ4n) is 5.57. The molecule has 10 nitrogen and oxygen atoms in total. The Balaban J connectivity index is 1.12. The van der Waals surface area contributed by atoms with E-state index >= 15 is 0 Å². The minimum absolute atomic E-state index is 0.197. The first kappa shape index (κ1) is 24.4. The Morgan fingerprint density at radius 2 is 1.86 bits per heavy atom. The number of carbonyl (C=O) groups is 3. The second kappa shape index (κ2) is 10.0. The third-order valence-corrected chi connectivity index (χ3v) is 8.01. The maximum Gasteiger partial charge on any atom is 0.325 e. The van der Waals surface area contributed by atoms with E-state index in [0.29, 0.717) is 63.2 Å². The average molecular weight is 495 g/mol. The number of benzene rings is 1. The first-order chi connectivity index (χ1) is 17.4. The molecular formula is C26H34N6O4. The van der Waals surface area contributed by atoms with E-state index in [2.05, 4.69) is 27.3 Å². The lowest BCUT2D eigenvalue weighted by Crippen LogP contribution is -2.52. The zero-order chi connectivity index (χ0) is 25.3. The topological polar surface area (TPSA) is 112 Å². The predicted molar refractivity (Wildman–Crippen MR) is 132 cm³/mol. The molecule has 0 atom stereocenters. The molecule has 3 fully saturated rings. The Morgan fingerprint density at radius 1 is 1.14 bits per heavy atom. The fraction of sp³-hybridized carbons (Fsp3) is 0.577. The summed E-state index contributed by atoms with van der Waals surface area (Å²) in [6, 6.07) is 7.46.